The number of nitrogens with zero attached hydrogens (tertiary/aromatic N) is 1. The summed E-state index contributed by atoms with van der Waals surface area (Å²) in [7, 11) is 5.91. The Hall–Kier alpha value is -1.30. The minimum Gasteiger partial charge on any atom is -0.355 e. The third-order valence-corrected chi connectivity index (χ3v) is 1.84. The number of ether oxygens (including phenoxy) is 1. The molecule has 0 aliphatic rings. The minimum atomic E-state index is -4.61. The third-order valence-electron chi connectivity index (χ3n) is 1.84. The topological polar surface area (TPSA) is 31.2 Å². The smallest absolute Gasteiger partial charge is 0.355 e. The molecule has 0 N–H and O–H groups in total. The van der Waals surface area contributed by atoms with Gasteiger partial charge in [-0.3, -0.25) is 4.79 Å². The summed E-state index contributed by atoms with van der Waals surface area (Å²) in [5, 5.41) is 0. The molecule has 0 aliphatic heterocycles. The van der Waals surface area contributed by atoms with Crippen molar-refractivity contribution in [1.82, 2.24) is 4.57 Å². The molecule has 1 aromatic rings. The van der Waals surface area contributed by atoms with E-state index in [2.05, 4.69) is 11.8 Å². The van der Waals surface area contributed by atoms with Crippen molar-refractivity contribution in [3.05, 3.63) is 41.4 Å². The molecule has 1 atom stereocenters. The molecule has 1 rings (SSSR count). The van der Waals surface area contributed by atoms with Crippen LogP contribution in [-0.4, -0.2) is 10.7 Å². The Bertz CT molecular complexity index is 397. The van der Waals surface area contributed by atoms with Crippen LogP contribution >= 0.6 is 0 Å². The van der Waals surface area contributed by atoms with Crippen LogP contribution in [0.25, 0.3) is 0 Å². The van der Waals surface area contributed by atoms with E-state index in [9.17, 15) is 18.0 Å². The van der Waals surface area contributed by atoms with Crippen LogP contribution in [0.2, 0.25) is 0 Å². The van der Waals surface area contributed by atoms with Crippen molar-refractivity contribution in [3.63, 3.8) is 0 Å². The van der Waals surface area contributed by atoms with Crippen molar-refractivity contribution < 1.29 is 17.9 Å². The summed E-state index contributed by atoms with van der Waals surface area (Å²) < 4.78 is 41.9. The van der Waals surface area contributed by atoms with Gasteiger partial charge >= 0.3 is 6.18 Å². The zero-order chi connectivity index (χ0) is 11.6. The molecule has 0 saturated heterocycles. The van der Waals surface area contributed by atoms with E-state index in [1.165, 1.54) is 7.05 Å². The zero-order valence-corrected chi connectivity index (χ0v) is 7.78. The molecular formula is C9H8F3NO2. The quantitative estimate of drug-likeness (QED) is 0.757. The maximum Gasteiger partial charge on any atom is 0.418 e. The molecule has 82 valence electrons. The Labute approximate surface area is 84.1 Å². The van der Waals surface area contributed by atoms with Crippen molar-refractivity contribution in [2.45, 2.75) is 12.3 Å². The van der Waals surface area contributed by atoms with E-state index in [0.717, 1.165) is 22.9 Å². The fraction of sp³-hybridized carbons (Fsp3) is 0.333. The minimum absolute atomic E-state index is 0.216. The van der Waals surface area contributed by atoms with Gasteiger partial charge in [-0.1, -0.05) is 0 Å². The normalized spacial score (nSPS) is 13.9. The maximum atomic E-state index is 12.3. The Morgan fingerprint density at radius 2 is 2.07 bits per heavy atom. The summed E-state index contributed by atoms with van der Waals surface area (Å²) in [6, 6.07) is 2.06. The van der Waals surface area contributed by atoms with Gasteiger partial charge in [0.1, 0.15) is 7.11 Å². The van der Waals surface area contributed by atoms with Gasteiger partial charge in [-0.25, -0.2) is 0 Å². The predicted octanol–water partition coefficient (Wildman–Crippen LogP) is 1.67. The SMILES string of the molecule is [CH]OC(c1ccc(=O)n(C)c1)C(F)(F)F. The van der Waals surface area contributed by atoms with Gasteiger partial charge in [-0.15, -0.1) is 0 Å². The molecule has 0 amide bonds. The molecule has 0 spiro atoms. The number of hydrogen-bond acceptors (Lipinski definition) is 2. The van der Waals surface area contributed by atoms with E-state index in [-0.39, 0.29) is 5.56 Å². The number of halogens is 3. The molecule has 15 heavy (non-hydrogen) atoms. The van der Waals surface area contributed by atoms with Gasteiger partial charge < -0.3 is 9.30 Å². The third kappa shape index (κ3) is 2.59. The van der Waals surface area contributed by atoms with E-state index in [0.29, 0.717) is 0 Å². The van der Waals surface area contributed by atoms with Crippen molar-refractivity contribution >= 4 is 0 Å². The van der Waals surface area contributed by atoms with Crippen LogP contribution in [0.15, 0.2) is 23.1 Å². The lowest BCUT2D eigenvalue weighted by atomic mass is 10.1. The lowest BCUT2D eigenvalue weighted by Crippen LogP contribution is -2.24. The number of alkyl halides is 3. The van der Waals surface area contributed by atoms with Crippen LogP contribution in [-0.2, 0) is 11.8 Å². The fourth-order valence-corrected chi connectivity index (χ4v) is 1.12. The molecular weight excluding hydrogens is 211 g/mol. The van der Waals surface area contributed by atoms with Gasteiger partial charge in [0.05, 0.1) is 0 Å². The monoisotopic (exact) mass is 219 g/mol. The van der Waals surface area contributed by atoms with E-state index in [4.69, 9.17) is 0 Å². The van der Waals surface area contributed by atoms with E-state index in [1.807, 2.05) is 0 Å². The van der Waals surface area contributed by atoms with Gasteiger partial charge in [0.25, 0.3) is 0 Å². The molecule has 2 radical (unpaired) electrons. The number of aryl methyl sites for hydroxylation is 1. The lowest BCUT2D eigenvalue weighted by molar-refractivity contribution is -0.210. The number of rotatable bonds is 2. The standard InChI is InChI=1S/C9H8F3NO2/c1-13-5-6(3-4-7(13)14)8(15-2)9(10,11)12/h2-5,8H,1H3. The molecule has 0 bridgehead atoms. The molecule has 0 saturated carbocycles. The Balaban J connectivity index is 3.14. The summed E-state index contributed by atoms with van der Waals surface area (Å²) in [6.07, 6.45) is -5.79. The first-order valence-corrected chi connectivity index (χ1v) is 3.95. The molecule has 0 fully saturated rings. The van der Waals surface area contributed by atoms with Gasteiger partial charge in [-0.05, 0) is 6.07 Å². The highest BCUT2D eigenvalue weighted by atomic mass is 19.4. The average molecular weight is 219 g/mol. The largest absolute Gasteiger partial charge is 0.418 e. The number of pyridine rings is 1. The molecule has 1 heterocycles. The van der Waals surface area contributed by atoms with Crippen molar-refractivity contribution in [2.75, 3.05) is 0 Å². The Morgan fingerprint density at radius 1 is 1.47 bits per heavy atom. The Morgan fingerprint density at radius 3 is 2.47 bits per heavy atom. The summed E-state index contributed by atoms with van der Waals surface area (Å²) in [5.74, 6) is 0. The van der Waals surface area contributed by atoms with Crippen LogP contribution in [0.4, 0.5) is 13.2 Å². The first kappa shape index (κ1) is 11.8. The van der Waals surface area contributed by atoms with Gasteiger partial charge in [0.2, 0.25) is 5.56 Å². The molecule has 1 aromatic heterocycles. The van der Waals surface area contributed by atoms with Crippen LogP contribution in [0.3, 0.4) is 0 Å². The maximum absolute atomic E-state index is 12.3. The van der Waals surface area contributed by atoms with Crippen molar-refractivity contribution in [3.8, 4) is 0 Å². The second-order valence-corrected chi connectivity index (χ2v) is 2.97. The summed E-state index contributed by atoms with van der Waals surface area (Å²) in [4.78, 5) is 10.9. The molecule has 6 heteroatoms. The van der Waals surface area contributed by atoms with E-state index < -0.39 is 17.8 Å². The van der Waals surface area contributed by atoms with Gasteiger partial charge in [0.15, 0.2) is 6.10 Å². The highest BCUT2D eigenvalue weighted by Gasteiger charge is 2.41. The van der Waals surface area contributed by atoms with E-state index >= 15 is 0 Å². The Kier molecular flexibility index (Phi) is 3.18. The lowest BCUT2D eigenvalue weighted by Gasteiger charge is -2.18. The van der Waals surface area contributed by atoms with Gasteiger partial charge in [-0.2, -0.15) is 13.2 Å². The molecule has 1 unspecified atom stereocenters. The first-order valence-electron chi connectivity index (χ1n) is 3.95. The number of hydrogen-bond donors (Lipinski definition) is 0. The highest BCUT2D eigenvalue weighted by Crippen LogP contribution is 2.34. The van der Waals surface area contributed by atoms with E-state index in [1.54, 1.807) is 0 Å². The second-order valence-electron chi connectivity index (χ2n) is 2.97. The highest BCUT2D eigenvalue weighted by molar-refractivity contribution is 5.15. The van der Waals surface area contributed by atoms with Crippen LogP contribution in [0, 0.1) is 7.11 Å². The van der Waals surface area contributed by atoms with Crippen molar-refractivity contribution in [1.29, 1.82) is 0 Å². The summed E-state index contributed by atoms with van der Waals surface area (Å²) in [6.45, 7) is 0. The number of aromatic nitrogens is 1. The summed E-state index contributed by atoms with van der Waals surface area (Å²) in [5.41, 5.74) is -0.621. The van der Waals surface area contributed by atoms with Gasteiger partial charge in [0, 0.05) is 24.9 Å². The fourth-order valence-electron chi connectivity index (χ4n) is 1.12. The van der Waals surface area contributed by atoms with Crippen LogP contribution < -0.4 is 5.56 Å². The van der Waals surface area contributed by atoms with Crippen LogP contribution in [0.5, 0.6) is 0 Å². The predicted molar refractivity (Wildman–Crippen MR) is 45.9 cm³/mol. The zero-order valence-electron chi connectivity index (χ0n) is 7.78. The summed E-state index contributed by atoms with van der Waals surface area (Å²) >= 11 is 0. The first-order chi connectivity index (χ1) is 6.86. The molecule has 3 nitrogen and oxygen atoms in total. The molecule has 0 aliphatic carbocycles. The van der Waals surface area contributed by atoms with Crippen LogP contribution in [0.1, 0.15) is 11.7 Å². The average Bonchev–Trinajstić information content (AvgIpc) is 2.10. The van der Waals surface area contributed by atoms with Crippen molar-refractivity contribution in [2.24, 2.45) is 7.05 Å². The molecule has 0 aromatic carbocycles. The second kappa shape index (κ2) is 4.06.